The van der Waals surface area contributed by atoms with E-state index in [4.69, 9.17) is 0 Å². The number of hydrogen-bond acceptors (Lipinski definition) is 3. The Morgan fingerprint density at radius 3 is 2.74 bits per heavy atom. The summed E-state index contributed by atoms with van der Waals surface area (Å²) in [6.45, 7) is 5.22. The summed E-state index contributed by atoms with van der Waals surface area (Å²) in [6.07, 6.45) is 3.70. The highest BCUT2D eigenvalue weighted by molar-refractivity contribution is 5.26. The molecule has 3 aliphatic rings. The van der Waals surface area contributed by atoms with E-state index in [2.05, 4.69) is 21.8 Å². The summed E-state index contributed by atoms with van der Waals surface area (Å²) in [5.74, 6) is -1.85. The van der Waals surface area contributed by atoms with Gasteiger partial charge in [0.05, 0.1) is 11.1 Å². The zero-order chi connectivity index (χ0) is 16.5. The molecule has 0 aromatic carbocycles. The molecule has 0 amide bonds. The van der Waals surface area contributed by atoms with Crippen LogP contribution in [0.4, 0.5) is 8.78 Å². The van der Waals surface area contributed by atoms with Gasteiger partial charge in [0.25, 0.3) is 11.5 Å². The van der Waals surface area contributed by atoms with Gasteiger partial charge in [0, 0.05) is 24.1 Å². The van der Waals surface area contributed by atoms with Gasteiger partial charge in [0.2, 0.25) is 0 Å². The minimum atomic E-state index is -2.50. The maximum atomic E-state index is 13.8. The topological polar surface area (TPSA) is 49.0 Å². The molecule has 1 aromatic heterocycles. The third kappa shape index (κ3) is 2.25. The Kier molecular flexibility index (Phi) is 3.06. The van der Waals surface area contributed by atoms with Crippen LogP contribution in [0.15, 0.2) is 4.79 Å². The van der Waals surface area contributed by atoms with Gasteiger partial charge < -0.3 is 4.98 Å². The maximum absolute atomic E-state index is 13.8. The molecule has 2 unspecified atom stereocenters. The molecule has 1 saturated carbocycles. The van der Waals surface area contributed by atoms with E-state index < -0.39 is 11.3 Å². The van der Waals surface area contributed by atoms with Gasteiger partial charge in [-0.05, 0) is 52.5 Å². The second-order valence-corrected chi connectivity index (χ2v) is 7.94. The molecular weight excluding hydrogens is 300 g/mol. The molecule has 1 spiro atoms. The van der Waals surface area contributed by atoms with Crippen molar-refractivity contribution < 1.29 is 8.78 Å². The van der Waals surface area contributed by atoms with Crippen molar-refractivity contribution in [3.63, 3.8) is 0 Å². The molecular formula is C17H23F2N3O. The molecule has 2 aliphatic carbocycles. The van der Waals surface area contributed by atoms with E-state index in [9.17, 15) is 13.6 Å². The van der Waals surface area contributed by atoms with Crippen LogP contribution in [-0.2, 0) is 12.8 Å². The molecule has 2 fully saturated rings. The summed E-state index contributed by atoms with van der Waals surface area (Å²) >= 11 is 0. The summed E-state index contributed by atoms with van der Waals surface area (Å²) in [7, 11) is 0. The summed E-state index contributed by atoms with van der Waals surface area (Å²) in [6, 6.07) is 0. The zero-order valence-electron chi connectivity index (χ0n) is 13.7. The smallest absolute Gasteiger partial charge is 0.255 e. The van der Waals surface area contributed by atoms with Crippen molar-refractivity contribution in [1.29, 1.82) is 0 Å². The first-order chi connectivity index (χ1) is 10.7. The number of piperidine rings is 1. The van der Waals surface area contributed by atoms with Gasteiger partial charge in [0.1, 0.15) is 5.82 Å². The van der Waals surface area contributed by atoms with Crippen LogP contribution in [0.25, 0.3) is 0 Å². The van der Waals surface area contributed by atoms with E-state index in [1.807, 2.05) is 0 Å². The number of aryl methyl sites for hydroxylation is 2. The average molecular weight is 323 g/mol. The van der Waals surface area contributed by atoms with E-state index in [-0.39, 0.29) is 17.5 Å². The normalized spacial score (nSPS) is 36.0. The fourth-order valence-corrected chi connectivity index (χ4v) is 4.60. The minimum absolute atomic E-state index is 0.0322. The number of H-pyrrole nitrogens is 1. The van der Waals surface area contributed by atoms with Crippen LogP contribution in [0.2, 0.25) is 0 Å². The first-order valence-corrected chi connectivity index (χ1v) is 8.46. The van der Waals surface area contributed by atoms with Crippen LogP contribution in [0.5, 0.6) is 0 Å². The highest BCUT2D eigenvalue weighted by Crippen LogP contribution is 2.65. The van der Waals surface area contributed by atoms with Crippen LogP contribution >= 0.6 is 0 Å². The van der Waals surface area contributed by atoms with Crippen LogP contribution in [0.1, 0.15) is 49.7 Å². The molecule has 2 heterocycles. The molecule has 23 heavy (non-hydrogen) atoms. The minimum Gasteiger partial charge on any atom is -0.311 e. The number of fused-ring (bicyclic) bond motifs is 1. The third-order valence-corrected chi connectivity index (χ3v) is 6.23. The van der Waals surface area contributed by atoms with Gasteiger partial charge in [-0.3, -0.25) is 9.69 Å². The zero-order valence-corrected chi connectivity index (χ0v) is 13.7. The second kappa shape index (κ2) is 4.62. The summed E-state index contributed by atoms with van der Waals surface area (Å²) < 4.78 is 27.6. The molecule has 0 bridgehead atoms. The fourth-order valence-electron chi connectivity index (χ4n) is 4.60. The van der Waals surface area contributed by atoms with E-state index in [1.54, 1.807) is 6.92 Å². The Bertz CT molecular complexity index is 716. The van der Waals surface area contributed by atoms with Crippen LogP contribution in [-0.4, -0.2) is 39.4 Å². The predicted octanol–water partition coefficient (Wildman–Crippen LogP) is 2.45. The maximum Gasteiger partial charge on any atom is 0.255 e. The fraction of sp³-hybridized carbons (Fsp3) is 0.765. The van der Waals surface area contributed by atoms with E-state index >= 15 is 0 Å². The number of halogens is 2. The van der Waals surface area contributed by atoms with Crippen molar-refractivity contribution in [2.24, 2.45) is 5.41 Å². The first kappa shape index (κ1) is 15.2. The summed E-state index contributed by atoms with van der Waals surface area (Å²) in [4.78, 5) is 21.7. The number of hydrogen-bond donors (Lipinski definition) is 1. The lowest BCUT2D eigenvalue weighted by Gasteiger charge is -2.48. The SMILES string of the molecule is Cc1nc2c(c(=O)[nH]1)CC(C)(N1CCCC3(C1)CC3(F)F)CC2. The lowest BCUT2D eigenvalue weighted by Crippen LogP contribution is -2.56. The number of nitrogens with one attached hydrogen (secondary N) is 1. The molecule has 1 N–H and O–H groups in total. The van der Waals surface area contributed by atoms with Gasteiger partial charge in [-0.1, -0.05) is 0 Å². The van der Waals surface area contributed by atoms with Gasteiger partial charge in [0.15, 0.2) is 0 Å². The lowest BCUT2D eigenvalue weighted by molar-refractivity contribution is -0.0161. The largest absolute Gasteiger partial charge is 0.311 e. The molecule has 126 valence electrons. The Morgan fingerprint density at radius 1 is 1.30 bits per heavy atom. The number of aromatic nitrogens is 2. The number of nitrogens with zero attached hydrogens (tertiary/aromatic N) is 2. The molecule has 0 radical (unpaired) electrons. The second-order valence-electron chi connectivity index (χ2n) is 7.94. The Balaban J connectivity index is 1.61. The Morgan fingerprint density at radius 2 is 2.04 bits per heavy atom. The first-order valence-electron chi connectivity index (χ1n) is 8.46. The van der Waals surface area contributed by atoms with E-state index in [1.165, 1.54) is 0 Å². The summed E-state index contributed by atoms with van der Waals surface area (Å²) in [5, 5.41) is 0. The van der Waals surface area contributed by atoms with Gasteiger partial charge in [-0.2, -0.15) is 0 Å². The molecule has 4 nitrogen and oxygen atoms in total. The molecule has 1 aromatic rings. The highest BCUT2D eigenvalue weighted by atomic mass is 19.3. The van der Waals surface area contributed by atoms with Gasteiger partial charge >= 0.3 is 0 Å². The Hall–Kier alpha value is -1.30. The van der Waals surface area contributed by atoms with Crippen LogP contribution in [0.3, 0.4) is 0 Å². The van der Waals surface area contributed by atoms with Crippen molar-refractivity contribution in [2.45, 2.75) is 63.8 Å². The van der Waals surface area contributed by atoms with Crippen molar-refractivity contribution in [3.8, 4) is 0 Å². The van der Waals surface area contributed by atoms with Gasteiger partial charge in [-0.15, -0.1) is 0 Å². The van der Waals surface area contributed by atoms with E-state index in [0.29, 0.717) is 25.2 Å². The number of aromatic amines is 1. The van der Waals surface area contributed by atoms with Crippen molar-refractivity contribution >= 4 is 0 Å². The molecule has 6 heteroatoms. The van der Waals surface area contributed by atoms with Crippen LogP contribution < -0.4 is 5.56 Å². The molecule has 1 saturated heterocycles. The van der Waals surface area contributed by atoms with Crippen molar-refractivity contribution in [1.82, 2.24) is 14.9 Å². The van der Waals surface area contributed by atoms with Gasteiger partial charge in [-0.25, -0.2) is 13.8 Å². The number of likely N-dealkylation sites (tertiary alicyclic amines) is 1. The standard InChI is InChI=1S/C17H23F2N3O/c1-11-20-13-4-6-15(2,8-12(13)14(23)21-11)22-7-3-5-16(10-22)9-17(16,18)19/h3-10H2,1-2H3,(H,20,21,23). The lowest BCUT2D eigenvalue weighted by atomic mass is 9.78. The number of alkyl halides is 2. The third-order valence-electron chi connectivity index (χ3n) is 6.23. The quantitative estimate of drug-likeness (QED) is 0.863. The monoisotopic (exact) mass is 323 g/mol. The highest BCUT2D eigenvalue weighted by Gasteiger charge is 2.71. The van der Waals surface area contributed by atoms with Crippen molar-refractivity contribution in [3.05, 3.63) is 27.4 Å². The average Bonchev–Trinajstić information content (AvgIpc) is 2.99. The molecule has 1 aliphatic heterocycles. The predicted molar refractivity (Wildman–Crippen MR) is 82.8 cm³/mol. The van der Waals surface area contributed by atoms with E-state index in [0.717, 1.165) is 37.1 Å². The molecule has 2 atom stereocenters. The van der Waals surface area contributed by atoms with Crippen molar-refractivity contribution in [2.75, 3.05) is 13.1 Å². The Labute approximate surface area is 134 Å². The number of rotatable bonds is 1. The van der Waals surface area contributed by atoms with Crippen LogP contribution in [0, 0.1) is 12.3 Å². The molecule has 4 rings (SSSR count). The summed E-state index contributed by atoms with van der Waals surface area (Å²) in [5.41, 5.74) is 0.538.